The number of rotatable bonds is 4. The number of fused-ring (bicyclic) bond motifs is 1. The Morgan fingerprint density at radius 1 is 1.19 bits per heavy atom. The third kappa shape index (κ3) is 3.06. The van der Waals surface area contributed by atoms with E-state index >= 15 is 0 Å². The Bertz CT molecular complexity index is 1040. The van der Waals surface area contributed by atoms with E-state index in [1.807, 2.05) is 59.6 Å². The lowest BCUT2D eigenvalue weighted by Gasteiger charge is -2.07. The van der Waals surface area contributed by atoms with Crippen LogP contribution in [0.15, 0.2) is 55.0 Å². The summed E-state index contributed by atoms with van der Waals surface area (Å²) in [5.41, 5.74) is 4.30. The minimum Gasteiger partial charge on any atom is -0.346 e. The molecule has 7 heteroatoms. The summed E-state index contributed by atoms with van der Waals surface area (Å²) in [6, 6.07) is 11.2. The number of aromatic nitrogens is 5. The molecule has 1 aromatic carbocycles. The van der Waals surface area contributed by atoms with Crippen LogP contribution in [0.25, 0.3) is 11.5 Å². The van der Waals surface area contributed by atoms with Crippen molar-refractivity contribution in [3.8, 4) is 5.69 Å². The Balaban J connectivity index is 1.45. The van der Waals surface area contributed by atoms with Crippen LogP contribution in [0.1, 0.15) is 27.4 Å². The summed E-state index contributed by atoms with van der Waals surface area (Å²) < 4.78 is 3.69. The summed E-state index contributed by atoms with van der Waals surface area (Å²) in [7, 11) is 0. The highest BCUT2D eigenvalue weighted by Gasteiger charge is 2.09. The average Bonchev–Trinajstić information content (AvgIpc) is 3.22. The van der Waals surface area contributed by atoms with Crippen molar-refractivity contribution in [1.29, 1.82) is 0 Å². The molecule has 4 rings (SSSR count). The molecule has 0 aliphatic rings. The molecular formula is C19H18N6O. The molecule has 1 N–H and O–H groups in total. The van der Waals surface area contributed by atoms with Crippen molar-refractivity contribution >= 4 is 11.7 Å². The molecule has 0 aliphatic heterocycles. The van der Waals surface area contributed by atoms with Crippen LogP contribution in [-0.4, -0.2) is 30.1 Å². The lowest BCUT2D eigenvalue weighted by atomic mass is 10.2. The van der Waals surface area contributed by atoms with Gasteiger partial charge in [-0.1, -0.05) is 0 Å². The molecule has 26 heavy (non-hydrogen) atoms. The second-order valence-electron chi connectivity index (χ2n) is 6.13. The number of nitrogens with one attached hydrogen (secondary N) is 1. The van der Waals surface area contributed by atoms with Gasteiger partial charge in [-0.15, -0.1) is 0 Å². The third-order valence-electron chi connectivity index (χ3n) is 4.10. The van der Waals surface area contributed by atoms with E-state index < -0.39 is 0 Å². The van der Waals surface area contributed by atoms with Crippen LogP contribution >= 0.6 is 0 Å². The Kier molecular flexibility index (Phi) is 3.96. The minimum absolute atomic E-state index is 0.144. The molecular weight excluding hydrogens is 328 g/mol. The Morgan fingerprint density at radius 3 is 2.69 bits per heavy atom. The van der Waals surface area contributed by atoms with E-state index in [-0.39, 0.29) is 5.91 Å². The standard InChI is InChI=1S/C19H18N6O/c1-13-10-14(2)25(23-13)17-6-4-15(5-7-17)18(26)21-11-16-12-24-9-3-8-20-19(24)22-16/h3-10,12H,11H2,1-2H3,(H,21,26). The SMILES string of the molecule is Cc1cc(C)n(-c2ccc(C(=O)NCc3cn4cccnc4n3)cc2)n1. The van der Waals surface area contributed by atoms with Gasteiger partial charge in [0.05, 0.1) is 23.6 Å². The summed E-state index contributed by atoms with van der Waals surface area (Å²) in [6.45, 7) is 4.31. The molecule has 3 heterocycles. The second-order valence-corrected chi connectivity index (χ2v) is 6.13. The zero-order valence-corrected chi connectivity index (χ0v) is 14.5. The van der Waals surface area contributed by atoms with Gasteiger partial charge in [0.1, 0.15) is 0 Å². The van der Waals surface area contributed by atoms with Gasteiger partial charge in [-0.2, -0.15) is 5.10 Å². The first-order valence-corrected chi connectivity index (χ1v) is 8.31. The fourth-order valence-electron chi connectivity index (χ4n) is 2.88. The van der Waals surface area contributed by atoms with Gasteiger partial charge in [-0.3, -0.25) is 9.20 Å². The first-order chi connectivity index (χ1) is 12.6. The van der Waals surface area contributed by atoms with Crippen LogP contribution in [-0.2, 0) is 6.54 Å². The van der Waals surface area contributed by atoms with Crippen molar-refractivity contribution in [3.05, 3.63) is 77.6 Å². The molecule has 0 bridgehead atoms. The first-order valence-electron chi connectivity index (χ1n) is 8.31. The Labute approximate surface area is 150 Å². The van der Waals surface area contributed by atoms with E-state index in [1.54, 1.807) is 18.3 Å². The number of nitrogens with zero attached hydrogens (tertiary/aromatic N) is 5. The van der Waals surface area contributed by atoms with Gasteiger partial charge >= 0.3 is 0 Å². The molecule has 0 unspecified atom stereocenters. The van der Waals surface area contributed by atoms with E-state index in [9.17, 15) is 4.79 Å². The molecule has 0 spiro atoms. The smallest absolute Gasteiger partial charge is 0.251 e. The molecule has 4 aromatic rings. The average molecular weight is 346 g/mol. The van der Waals surface area contributed by atoms with Gasteiger partial charge in [0.25, 0.3) is 5.91 Å². The lowest BCUT2D eigenvalue weighted by molar-refractivity contribution is 0.0950. The van der Waals surface area contributed by atoms with Gasteiger partial charge < -0.3 is 5.32 Å². The molecule has 1 amide bonds. The summed E-state index contributed by atoms with van der Waals surface area (Å²) in [4.78, 5) is 20.9. The number of hydrogen-bond donors (Lipinski definition) is 1. The first kappa shape index (κ1) is 16.0. The maximum absolute atomic E-state index is 12.4. The predicted molar refractivity (Wildman–Crippen MR) is 97.2 cm³/mol. The molecule has 130 valence electrons. The topological polar surface area (TPSA) is 77.1 Å². The third-order valence-corrected chi connectivity index (χ3v) is 4.10. The summed E-state index contributed by atoms with van der Waals surface area (Å²) >= 11 is 0. The van der Waals surface area contributed by atoms with Gasteiger partial charge in [0.15, 0.2) is 0 Å². The van der Waals surface area contributed by atoms with Crippen LogP contribution < -0.4 is 5.32 Å². The van der Waals surface area contributed by atoms with Crippen LogP contribution in [0.3, 0.4) is 0 Å². The maximum Gasteiger partial charge on any atom is 0.251 e. The largest absolute Gasteiger partial charge is 0.346 e. The fraction of sp³-hybridized carbons (Fsp3) is 0.158. The molecule has 0 radical (unpaired) electrons. The predicted octanol–water partition coefficient (Wildman–Crippen LogP) is 2.46. The number of imidazole rings is 1. The minimum atomic E-state index is -0.144. The van der Waals surface area contributed by atoms with Gasteiger partial charge in [-0.05, 0) is 50.2 Å². The monoisotopic (exact) mass is 346 g/mol. The maximum atomic E-state index is 12.4. The number of carbonyl (C=O) groups excluding carboxylic acids is 1. The van der Waals surface area contributed by atoms with E-state index in [0.717, 1.165) is 22.8 Å². The highest BCUT2D eigenvalue weighted by atomic mass is 16.1. The fourth-order valence-corrected chi connectivity index (χ4v) is 2.88. The van der Waals surface area contributed by atoms with Crippen molar-refractivity contribution in [2.24, 2.45) is 0 Å². The van der Waals surface area contributed by atoms with Crippen molar-refractivity contribution in [3.63, 3.8) is 0 Å². The number of carbonyl (C=O) groups is 1. The van der Waals surface area contributed by atoms with Gasteiger partial charge in [-0.25, -0.2) is 14.6 Å². The molecule has 0 saturated heterocycles. The van der Waals surface area contributed by atoms with Crippen molar-refractivity contribution < 1.29 is 4.79 Å². The highest BCUT2D eigenvalue weighted by Crippen LogP contribution is 2.13. The van der Waals surface area contributed by atoms with E-state index in [2.05, 4.69) is 20.4 Å². The molecule has 7 nitrogen and oxygen atoms in total. The Morgan fingerprint density at radius 2 is 2.00 bits per heavy atom. The van der Waals surface area contributed by atoms with Gasteiger partial charge in [0, 0.05) is 29.8 Å². The van der Waals surface area contributed by atoms with Crippen LogP contribution in [0.2, 0.25) is 0 Å². The molecule has 0 fully saturated rings. The van der Waals surface area contributed by atoms with Crippen molar-refractivity contribution in [2.45, 2.75) is 20.4 Å². The number of aryl methyl sites for hydroxylation is 2. The Hall–Kier alpha value is -3.48. The van der Waals surface area contributed by atoms with Crippen LogP contribution in [0, 0.1) is 13.8 Å². The summed E-state index contributed by atoms with van der Waals surface area (Å²) in [5.74, 6) is 0.473. The van der Waals surface area contributed by atoms with Crippen molar-refractivity contribution in [2.75, 3.05) is 0 Å². The van der Waals surface area contributed by atoms with Crippen LogP contribution in [0.5, 0.6) is 0 Å². The molecule has 0 aliphatic carbocycles. The van der Waals surface area contributed by atoms with E-state index in [4.69, 9.17) is 0 Å². The lowest BCUT2D eigenvalue weighted by Crippen LogP contribution is -2.22. The van der Waals surface area contributed by atoms with Crippen molar-refractivity contribution in [1.82, 2.24) is 29.5 Å². The zero-order valence-electron chi connectivity index (χ0n) is 14.5. The highest BCUT2D eigenvalue weighted by molar-refractivity contribution is 5.94. The summed E-state index contributed by atoms with van der Waals surface area (Å²) in [5, 5.41) is 7.34. The quantitative estimate of drug-likeness (QED) is 0.616. The normalized spacial score (nSPS) is 11.0. The summed E-state index contributed by atoms with van der Waals surface area (Å²) in [6.07, 6.45) is 5.42. The van der Waals surface area contributed by atoms with E-state index in [0.29, 0.717) is 17.9 Å². The number of benzene rings is 1. The molecule has 0 atom stereocenters. The zero-order chi connectivity index (χ0) is 18.1. The van der Waals surface area contributed by atoms with E-state index in [1.165, 1.54) is 0 Å². The molecule has 0 saturated carbocycles. The van der Waals surface area contributed by atoms with Crippen LogP contribution in [0.4, 0.5) is 0 Å². The second kappa shape index (κ2) is 6.44. The number of amides is 1. The molecule has 3 aromatic heterocycles. The number of hydrogen-bond acceptors (Lipinski definition) is 4. The van der Waals surface area contributed by atoms with Gasteiger partial charge in [0.2, 0.25) is 5.78 Å².